The topological polar surface area (TPSA) is 58.4 Å². The summed E-state index contributed by atoms with van der Waals surface area (Å²) in [7, 11) is 0. The van der Waals surface area contributed by atoms with Crippen LogP contribution in [0.3, 0.4) is 0 Å². The van der Waals surface area contributed by atoms with Crippen molar-refractivity contribution in [2.24, 2.45) is 0 Å². The maximum atomic E-state index is 12.1. The molecule has 0 radical (unpaired) electrons. The number of aliphatic hydroxyl groups is 1. The number of nitrogens with zero attached hydrogens (tertiary/aromatic N) is 3. The highest BCUT2D eigenvalue weighted by Gasteiger charge is 2.12. The van der Waals surface area contributed by atoms with Gasteiger partial charge in [-0.1, -0.05) is 18.2 Å². The van der Waals surface area contributed by atoms with Crippen molar-refractivity contribution in [2.45, 2.75) is 20.8 Å². The Bertz CT molecular complexity index is 690. The van der Waals surface area contributed by atoms with Crippen LogP contribution in [-0.2, 0) is 4.79 Å². The Hall–Kier alpha value is -2.40. The highest BCUT2D eigenvalue weighted by molar-refractivity contribution is 5.92. The number of benzene rings is 1. The summed E-state index contributed by atoms with van der Waals surface area (Å²) in [6.07, 6.45) is 3.35. The largest absolute Gasteiger partial charge is 0.395 e. The number of aliphatic hydroxyl groups excluding tert-OH is 1. The van der Waals surface area contributed by atoms with Crippen LogP contribution in [-0.4, -0.2) is 45.4 Å². The van der Waals surface area contributed by atoms with E-state index in [9.17, 15) is 4.79 Å². The molecule has 1 heterocycles. The quantitative estimate of drug-likeness (QED) is 0.833. The van der Waals surface area contributed by atoms with Gasteiger partial charge in [0, 0.05) is 30.4 Å². The molecule has 0 bridgehead atoms. The molecule has 0 saturated heterocycles. The van der Waals surface area contributed by atoms with E-state index in [2.05, 4.69) is 5.10 Å². The summed E-state index contributed by atoms with van der Waals surface area (Å²) in [6.45, 7) is 6.71. The van der Waals surface area contributed by atoms with E-state index >= 15 is 0 Å². The van der Waals surface area contributed by atoms with Gasteiger partial charge in [0.15, 0.2) is 0 Å². The number of aryl methyl sites for hydroxylation is 1. The minimum atomic E-state index is -0.104. The Balaban J connectivity index is 2.26. The maximum Gasteiger partial charge on any atom is 0.246 e. The molecule has 0 aliphatic rings. The van der Waals surface area contributed by atoms with Gasteiger partial charge in [0.2, 0.25) is 5.91 Å². The van der Waals surface area contributed by atoms with Crippen LogP contribution in [0.2, 0.25) is 0 Å². The van der Waals surface area contributed by atoms with Gasteiger partial charge in [-0.3, -0.25) is 4.79 Å². The van der Waals surface area contributed by atoms with Crippen molar-refractivity contribution in [3.8, 4) is 5.69 Å². The third-order valence-corrected chi connectivity index (χ3v) is 3.80. The van der Waals surface area contributed by atoms with Crippen LogP contribution in [0.25, 0.3) is 11.8 Å². The number of hydrogen-bond acceptors (Lipinski definition) is 3. The molecule has 1 N–H and O–H groups in total. The molecular weight excluding hydrogens is 290 g/mol. The average molecular weight is 313 g/mol. The number of carbonyl (C=O) groups is 1. The van der Waals surface area contributed by atoms with Gasteiger partial charge in [0.25, 0.3) is 0 Å². The van der Waals surface area contributed by atoms with E-state index in [4.69, 9.17) is 5.11 Å². The fourth-order valence-corrected chi connectivity index (χ4v) is 2.52. The van der Waals surface area contributed by atoms with Crippen molar-refractivity contribution >= 4 is 12.0 Å². The number of hydrogen-bond donors (Lipinski definition) is 1. The van der Waals surface area contributed by atoms with Gasteiger partial charge < -0.3 is 10.0 Å². The van der Waals surface area contributed by atoms with E-state index in [0.717, 1.165) is 22.6 Å². The number of likely N-dealkylation sites (N-methyl/N-ethyl adjacent to an activating group) is 1. The molecular formula is C18H23N3O2. The third-order valence-electron chi connectivity index (χ3n) is 3.80. The summed E-state index contributed by atoms with van der Waals surface area (Å²) in [4.78, 5) is 13.7. The summed E-state index contributed by atoms with van der Waals surface area (Å²) >= 11 is 0. The molecule has 1 aromatic carbocycles. The third kappa shape index (κ3) is 3.87. The summed E-state index contributed by atoms with van der Waals surface area (Å²) in [5.74, 6) is -0.104. The molecule has 0 spiro atoms. The predicted molar refractivity (Wildman–Crippen MR) is 91.4 cm³/mol. The Labute approximate surface area is 136 Å². The van der Waals surface area contributed by atoms with Gasteiger partial charge >= 0.3 is 0 Å². The number of amides is 1. The van der Waals surface area contributed by atoms with Crippen LogP contribution in [0.5, 0.6) is 0 Å². The fourth-order valence-electron chi connectivity index (χ4n) is 2.52. The summed E-state index contributed by atoms with van der Waals surface area (Å²) in [5.41, 5.74) is 3.81. The first-order chi connectivity index (χ1) is 11.1. The van der Waals surface area contributed by atoms with E-state index in [1.807, 2.05) is 55.8 Å². The average Bonchev–Trinajstić information content (AvgIpc) is 2.85. The molecule has 0 unspecified atom stereocenters. The SMILES string of the molecule is CCN(CCO)C(=O)/C=C/c1c(C)nn(-c2ccccc2)c1C. The first-order valence-electron chi connectivity index (χ1n) is 7.78. The smallest absolute Gasteiger partial charge is 0.246 e. The van der Waals surface area contributed by atoms with Gasteiger partial charge in [0.1, 0.15) is 0 Å². The number of aromatic nitrogens is 2. The molecule has 2 aromatic rings. The number of rotatable bonds is 6. The van der Waals surface area contributed by atoms with Gasteiger partial charge in [-0.2, -0.15) is 5.10 Å². The molecule has 0 fully saturated rings. The molecule has 122 valence electrons. The van der Waals surface area contributed by atoms with Crippen LogP contribution >= 0.6 is 0 Å². The lowest BCUT2D eigenvalue weighted by Crippen LogP contribution is -2.31. The molecule has 0 aliphatic heterocycles. The second kappa shape index (κ2) is 7.74. The van der Waals surface area contributed by atoms with Crippen LogP contribution in [0, 0.1) is 13.8 Å². The van der Waals surface area contributed by atoms with Crippen molar-refractivity contribution in [3.63, 3.8) is 0 Å². The Morgan fingerprint density at radius 2 is 2.00 bits per heavy atom. The molecule has 5 nitrogen and oxygen atoms in total. The van der Waals surface area contributed by atoms with E-state index in [1.165, 1.54) is 0 Å². The van der Waals surface area contributed by atoms with Gasteiger partial charge in [-0.05, 0) is 39.0 Å². The monoisotopic (exact) mass is 313 g/mol. The molecule has 0 saturated carbocycles. The van der Waals surface area contributed by atoms with Crippen LogP contribution in [0.15, 0.2) is 36.4 Å². The lowest BCUT2D eigenvalue weighted by atomic mass is 10.1. The molecule has 1 aromatic heterocycles. The van der Waals surface area contributed by atoms with Gasteiger partial charge in [0.05, 0.1) is 18.0 Å². The van der Waals surface area contributed by atoms with E-state index < -0.39 is 0 Å². The lowest BCUT2D eigenvalue weighted by molar-refractivity contribution is -0.126. The first kappa shape index (κ1) is 17.0. The number of para-hydroxylation sites is 1. The Morgan fingerprint density at radius 3 is 2.61 bits per heavy atom. The van der Waals surface area contributed by atoms with Gasteiger partial charge in [-0.15, -0.1) is 0 Å². The van der Waals surface area contributed by atoms with Crippen LogP contribution in [0.1, 0.15) is 23.9 Å². The van der Waals surface area contributed by atoms with Crippen molar-refractivity contribution in [3.05, 3.63) is 53.4 Å². The first-order valence-corrected chi connectivity index (χ1v) is 7.78. The molecule has 23 heavy (non-hydrogen) atoms. The highest BCUT2D eigenvalue weighted by Crippen LogP contribution is 2.19. The van der Waals surface area contributed by atoms with Crippen molar-refractivity contribution in [1.29, 1.82) is 0 Å². The molecule has 1 amide bonds. The minimum Gasteiger partial charge on any atom is -0.395 e. The lowest BCUT2D eigenvalue weighted by Gasteiger charge is -2.17. The molecule has 0 atom stereocenters. The van der Waals surface area contributed by atoms with Crippen molar-refractivity contribution in [1.82, 2.24) is 14.7 Å². The van der Waals surface area contributed by atoms with Crippen molar-refractivity contribution < 1.29 is 9.90 Å². The molecule has 0 aliphatic carbocycles. The maximum absolute atomic E-state index is 12.1. The molecule has 5 heteroatoms. The normalized spacial score (nSPS) is 11.1. The zero-order valence-corrected chi connectivity index (χ0v) is 13.9. The van der Waals surface area contributed by atoms with E-state index in [1.54, 1.807) is 17.1 Å². The van der Waals surface area contributed by atoms with Crippen LogP contribution in [0.4, 0.5) is 0 Å². The zero-order chi connectivity index (χ0) is 16.8. The predicted octanol–water partition coefficient (Wildman–Crippen LogP) is 2.34. The second-order valence-electron chi connectivity index (χ2n) is 5.31. The molecule has 2 rings (SSSR count). The second-order valence-corrected chi connectivity index (χ2v) is 5.31. The summed E-state index contributed by atoms with van der Waals surface area (Å²) < 4.78 is 1.88. The van der Waals surface area contributed by atoms with Crippen molar-refractivity contribution in [2.75, 3.05) is 19.7 Å². The van der Waals surface area contributed by atoms with E-state index in [0.29, 0.717) is 13.1 Å². The number of carbonyl (C=O) groups excluding carboxylic acids is 1. The Morgan fingerprint density at radius 1 is 1.30 bits per heavy atom. The summed E-state index contributed by atoms with van der Waals surface area (Å²) in [5, 5.41) is 13.5. The van der Waals surface area contributed by atoms with Crippen LogP contribution < -0.4 is 0 Å². The fraction of sp³-hybridized carbons (Fsp3) is 0.333. The van der Waals surface area contributed by atoms with Gasteiger partial charge in [-0.25, -0.2) is 4.68 Å². The Kier molecular flexibility index (Phi) is 5.71. The zero-order valence-electron chi connectivity index (χ0n) is 13.9. The van der Waals surface area contributed by atoms with E-state index in [-0.39, 0.29) is 12.5 Å². The minimum absolute atomic E-state index is 0.0303. The highest BCUT2D eigenvalue weighted by atomic mass is 16.3. The summed E-state index contributed by atoms with van der Waals surface area (Å²) in [6, 6.07) is 9.91. The standard InChI is InChI=1S/C18H23N3O2/c1-4-20(12-13-22)18(23)11-10-17-14(2)19-21(15(17)3)16-8-6-5-7-9-16/h5-11,22H,4,12-13H2,1-3H3/b11-10+.